The molecule has 0 aromatic heterocycles. The molecule has 31 heavy (non-hydrogen) atoms. The second-order valence-electron chi connectivity index (χ2n) is 7.13. The van der Waals surface area contributed by atoms with Crippen LogP contribution in [0, 0.1) is 0 Å². The van der Waals surface area contributed by atoms with Gasteiger partial charge in [-0.1, -0.05) is 41.9 Å². The topological polar surface area (TPSA) is 79.3 Å². The van der Waals surface area contributed by atoms with Gasteiger partial charge in [-0.25, -0.2) is 9.59 Å². The second kappa shape index (κ2) is 9.85. The molecule has 0 spiro atoms. The molecule has 0 saturated carbocycles. The standard InChI is InChI=1S/C23H25ClN2O5/c1-15-20(22(27)28)21(16-8-10-18(24)11-9-16)26(23(29)25(15)12-13-30-2)14-17-6-4-5-7-19(17)31-3/h4-11,21H,12-14H2,1-3H3,(H,27,28). The monoisotopic (exact) mass is 444 g/mol. The van der Waals surface area contributed by atoms with Gasteiger partial charge in [0.1, 0.15) is 5.75 Å². The van der Waals surface area contributed by atoms with Gasteiger partial charge in [0.2, 0.25) is 0 Å². The fourth-order valence-corrected chi connectivity index (χ4v) is 3.92. The van der Waals surface area contributed by atoms with Crippen LogP contribution in [0.4, 0.5) is 4.79 Å². The summed E-state index contributed by atoms with van der Waals surface area (Å²) in [7, 11) is 3.10. The highest BCUT2D eigenvalue weighted by Gasteiger charge is 2.41. The zero-order valence-corrected chi connectivity index (χ0v) is 18.4. The predicted octanol–water partition coefficient (Wildman–Crippen LogP) is 4.33. The average molecular weight is 445 g/mol. The van der Waals surface area contributed by atoms with Gasteiger partial charge in [-0.15, -0.1) is 0 Å². The van der Waals surface area contributed by atoms with Crippen molar-refractivity contribution in [2.45, 2.75) is 19.5 Å². The van der Waals surface area contributed by atoms with Crippen LogP contribution in [-0.4, -0.2) is 54.3 Å². The third kappa shape index (κ3) is 4.68. The first kappa shape index (κ1) is 22.7. The van der Waals surface area contributed by atoms with Crippen LogP contribution >= 0.6 is 11.6 Å². The van der Waals surface area contributed by atoms with E-state index in [4.69, 9.17) is 21.1 Å². The molecule has 1 aliphatic rings. The largest absolute Gasteiger partial charge is 0.496 e. The van der Waals surface area contributed by atoms with Gasteiger partial charge in [-0.05, 0) is 30.7 Å². The number of allylic oxidation sites excluding steroid dienone is 1. The number of carboxylic acids is 1. The van der Waals surface area contributed by atoms with Crippen molar-refractivity contribution < 1.29 is 24.2 Å². The third-order valence-corrected chi connectivity index (χ3v) is 5.58. The lowest BCUT2D eigenvalue weighted by atomic mass is 9.92. The Hall–Kier alpha value is -3.03. The number of carbonyl (C=O) groups is 2. The van der Waals surface area contributed by atoms with Crippen molar-refractivity contribution in [2.24, 2.45) is 0 Å². The molecule has 8 heteroatoms. The van der Waals surface area contributed by atoms with E-state index < -0.39 is 12.0 Å². The predicted molar refractivity (Wildman–Crippen MR) is 117 cm³/mol. The minimum Gasteiger partial charge on any atom is -0.496 e. The molecule has 7 nitrogen and oxygen atoms in total. The van der Waals surface area contributed by atoms with E-state index in [0.29, 0.717) is 22.0 Å². The van der Waals surface area contributed by atoms with E-state index in [2.05, 4.69) is 0 Å². The highest BCUT2D eigenvalue weighted by atomic mass is 35.5. The van der Waals surface area contributed by atoms with E-state index in [9.17, 15) is 14.7 Å². The minimum atomic E-state index is -1.09. The van der Waals surface area contributed by atoms with E-state index >= 15 is 0 Å². The van der Waals surface area contributed by atoms with Gasteiger partial charge in [-0.3, -0.25) is 4.90 Å². The number of halogens is 1. The molecule has 1 N–H and O–H groups in total. The number of para-hydroxylation sites is 1. The molecule has 0 bridgehead atoms. The van der Waals surface area contributed by atoms with Crippen molar-refractivity contribution in [1.29, 1.82) is 0 Å². The molecule has 2 aromatic rings. The maximum Gasteiger partial charge on any atom is 0.335 e. The van der Waals surface area contributed by atoms with Crippen molar-refractivity contribution in [3.05, 3.63) is 76.0 Å². The Kier molecular flexibility index (Phi) is 7.20. The molecule has 0 saturated heterocycles. The van der Waals surface area contributed by atoms with Gasteiger partial charge >= 0.3 is 12.0 Å². The summed E-state index contributed by atoms with van der Waals surface area (Å²) in [6.07, 6.45) is 0. The second-order valence-corrected chi connectivity index (χ2v) is 7.56. The highest BCUT2D eigenvalue weighted by Crippen LogP contribution is 2.39. The maximum atomic E-state index is 13.6. The Morgan fingerprint density at radius 1 is 1.13 bits per heavy atom. The number of ether oxygens (including phenoxy) is 2. The summed E-state index contributed by atoms with van der Waals surface area (Å²) in [5, 5.41) is 10.6. The highest BCUT2D eigenvalue weighted by molar-refractivity contribution is 6.30. The van der Waals surface area contributed by atoms with Gasteiger partial charge in [0.25, 0.3) is 0 Å². The van der Waals surface area contributed by atoms with E-state index in [1.54, 1.807) is 43.2 Å². The summed E-state index contributed by atoms with van der Waals surface area (Å²) in [5.74, 6) is -0.464. The summed E-state index contributed by atoms with van der Waals surface area (Å²) >= 11 is 6.05. The molecule has 0 fully saturated rings. The minimum absolute atomic E-state index is 0.132. The van der Waals surface area contributed by atoms with Gasteiger partial charge in [0.05, 0.1) is 38.4 Å². The number of benzene rings is 2. The Bertz CT molecular complexity index is 990. The average Bonchev–Trinajstić information content (AvgIpc) is 2.76. The van der Waals surface area contributed by atoms with Crippen LogP contribution in [0.3, 0.4) is 0 Å². The molecule has 164 valence electrons. The Labute approximate surface area is 186 Å². The van der Waals surface area contributed by atoms with Crippen LogP contribution < -0.4 is 4.74 Å². The number of aliphatic carboxylic acids is 1. The number of hydrogen-bond acceptors (Lipinski definition) is 4. The van der Waals surface area contributed by atoms with E-state index in [-0.39, 0.29) is 31.3 Å². The van der Waals surface area contributed by atoms with Crippen molar-refractivity contribution in [3.8, 4) is 5.75 Å². The molecule has 1 aliphatic heterocycles. The summed E-state index contributed by atoms with van der Waals surface area (Å²) in [6.45, 7) is 2.35. The Morgan fingerprint density at radius 2 is 1.81 bits per heavy atom. The zero-order chi connectivity index (χ0) is 22.5. The molecule has 3 rings (SSSR count). The normalized spacial score (nSPS) is 16.6. The quantitative estimate of drug-likeness (QED) is 0.655. The number of hydrogen-bond donors (Lipinski definition) is 1. The summed E-state index contributed by atoms with van der Waals surface area (Å²) in [5.41, 5.74) is 1.96. The Balaban J connectivity index is 2.16. The number of carbonyl (C=O) groups excluding carboxylic acids is 1. The lowest BCUT2D eigenvalue weighted by Crippen LogP contribution is -2.51. The molecule has 2 aromatic carbocycles. The number of rotatable bonds is 8. The third-order valence-electron chi connectivity index (χ3n) is 5.32. The van der Waals surface area contributed by atoms with Crippen LogP contribution in [0.1, 0.15) is 24.1 Å². The van der Waals surface area contributed by atoms with Gasteiger partial charge in [0, 0.05) is 23.4 Å². The fraction of sp³-hybridized carbons (Fsp3) is 0.304. The van der Waals surface area contributed by atoms with Gasteiger partial charge in [0.15, 0.2) is 0 Å². The van der Waals surface area contributed by atoms with Crippen LogP contribution in [-0.2, 0) is 16.1 Å². The number of methoxy groups -OCH3 is 2. The van der Waals surface area contributed by atoms with E-state index in [0.717, 1.165) is 5.56 Å². The first-order valence-corrected chi connectivity index (χ1v) is 10.1. The molecule has 1 heterocycles. The smallest absolute Gasteiger partial charge is 0.335 e. The van der Waals surface area contributed by atoms with Gasteiger partial charge in [-0.2, -0.15) is 0 Å². The first-order valence-electron chi connectivity index (χ1n) is 9.77. The fourth-order valence-electron chi connectivity index (χ4n) is 3.79. The number of carboxylic acid groups (broad SMARTS) is 1. The summed E-state index contributed by atoms with van der Waals surface area (Å²) in [4.78, 5) is 28.9. The molecular weight excluding hydrogens is 420 g/mol. The Morgan fingerprint density at radius 3 is 2.42 bits per heavy atom. The molecule has 0 radical (unpaired) electrons. The molecule has 1 atom stereocenters. The molecule has 0 aliphatic carbocycles. The maximum absolute atomic E-state index is 13.6. The van der Waals surface area contributed by atoms with Crippen molar-refractivity contribution >= 4 is 23.6 Å². The van der Waals surface area contributed by atoms with Gasteiger partial charge < -0.3 is 19.5 Å². The number of urea groups is 1. The van der Waals surface area contributed by atoms with Crippen molar-refractivity contribution in [1.82, 2.24) is 9.80 Å². The van der Waals surface area contributed by atoms with E-state index in [1.165, 1.54) is 12.0 Å². The molecule has 1 unspecified atom stereocenters. The van der Waals surface area contributed by atoms with Crippen molar-refractivity contribution in [3.63, 3.8) is 0 Å². The SMILES string of the molecule is COCCN1C(=O)N(Cc2ccccc2OC)C(c2ccc(Cl)cc2)C(C(=O)O)=C1C. The van der Waals surface area contributed by atoms with Crippen molar-refractivity contribution in [2.75, 3.05) is 27.4 Å². The molecular formula is C23H25ClN2O5. The zero-order valence-electron chi connectivity index (χ0n) is 17.7. The lowest BCUT2D eigenvalue weighted by molar-refractivity contribution is -0.133. The summed E-state index contributed by atoms with van der Waals surface area (Å²) in [6, 6.07) is 13.1. The van der Waals surface area contributed by atoms with Crippen LogP contribution in [0.2, 0.25) is 5.02 Å². The van der Waals surface area contributed by atoms with Crippen LogP contribution in [0.25, 0.3) is 0 Å². The summed E-state index contributed by atoms with van der Waals surface area (Å²) < 4.78 is 10.6. The van der Waals surface area contributed by atoms with Crippen LogP contribution in [0.5, 0.6) is 5.75 Å². The van der Waals surface area contributed by atoms with E-state index in [1.807, 2.05) is 24.3 Å². The first-order chi connectivity index (χ1) is 14.9. The number of nitrogens with zero attached hydrogens (tertiary/aromatic N) is 2. The lowest BCUT2D eigenvalue weighted by Gasteiger charge is -2.42. The number of amides is 2. The molecule has 2 amide bonds. The van der Waals surface area contributed by atoms with Crippen LogP contribution in [0.15, 0.2) is 59.8 Å².